The summed E-state index contributed by atoms with van der Waals surface area (Å²) in [4.78, 5) is 10.1. The summed E-state index contributed by atoms with van der Waals surface area (Å²) in [5.41, 5.74) is 16.8. The van der Waals surface area contributed by atoms with Crippen molar-refractivity contribution in [3.05, 3.63) is 161 Å². The minimum Gasteiger partial charge on any atom is -0.507 e. The second-order valence-electron chi connectivity index (χ2n) is 18.6. The number of furan rings is 1. The van der Waals surface area contributed by atoms with E-state index in [4.69, 9.17) is 18.8 Å². The Labute approximate surface area is 364 Å². The highest BCUT2D eigenvalue weighted by Crippen LogP contribution is 2.44. The maximum Gasteiger partial charge on any atom is 0.229 e. The molecule has 310 valence electrons. The molecule has 5 nitrogen and oxygen atoms in total. The van der Waals surface area contributed by atoms with E-state index >= 15 is 0 Å². The van der Waals surface area contributed by atoms with Gasteiger partial charge in [0, 0.05) is 33.7 Å². The number of fused-ring (bicyclic) bond motifs is 4. The Morgan fingerprint density at radius 1 is 0.581 bits per heavy atom. The van der Waals surface area contributed by atoms with Gasteiger partial charge in [-0.25, -0.2) is 4.98 Å². The summed E-state index contributed by atoms with van der Waals surface area (Å²) in [6, 6.07) is 46.2. The molecule has 0 fully saturated rings. The van der Waals surface area contributed by atoms with Gasteiger partial charge in [0.1, 0.15) is 22.4 Å². The van der Waals surface area contributed by atoms with E-state index in [-0.39, 0.29) is 11.2 Å². The van der Waals surface area contributed by atoms with Crippen molar-refractivity contribution in [1.29, 1.82) is 0 Å². The Bertz CT molecular complexity index is 3120. The Balaban J connectivity index is 1.20. The Morgan fingerprint density at radius 3 is 1.95 bits per heavy atom. The molecule has 0 aliphatic heterocycles. The van der Waals surface area contributed by atoms with Gasteiger partial charge in [-0.2, -0.15) is 0 Å². The first kappa shape index (κ1) is 40.7. The lowest BCUT2D eigenvalue weighted by atomic mass is 9.81. The quantitative estimate of drug-likeness (QED) is 0.147. The maximum absolute atomic E-state index is 10.8. The van der Waals surface area contributed by atoms with Crippen molar-refractivity contribution in [2.75, 3.05) is 0 Å². The number of hydrogen-bond acceptors (Lipinski definition) is 5. The summed E-state index contributed by atoms with van der Waals surface area (Å²) >= 11 is 0. The maximum atomic E-state index is 10.8. The molecule has 0 amide bonds. The van der Waals surface area contributed by atoms with Gasteiger partial charge in [-0.15, -0.1) is 0 Å². The largest absolute Gasteiger partial charge is 0.507 e. The molecule has 0 aliphatic rings. The predicted octanol–water partition coefficient (Wildman–Crippen LogP) is 16.5. The number of oxazole rings is 1. The third kappa shape index (κ3) is 7.51. The van der Waals surface area contributed by atoms with E-state index in [0.717, 1.165) is 60.8 Å². The van der Waals surface area contributed by atoms with E-state index in [1.165, 1.54) is 27.8 Å². The van der Waals surface area contributed by atoms with Crippen LogP contribution in [0.1, 0.15) is 108 Å². The molecular weight excluding hydrogens is 761 g/mol. The van der Waals surface area contributed by atoms with Crippen LogP contribution in [-0.2, 0) is 5.41 Å². The number of aliphatic imine (C=N–C) groups is 1. The summed E-state index contributed by atoms with van der Waals surface area (Å²) in [5.74, 6) is 1.86. The lowest BCUT2D eigenvalue weighted by Crippen LogP contribution is -2.11. The van der Waals surface area contributed by atoms with Crippen LogP contribution >= 0.6 is 0 Å². The summed E-state index contributed by atoms with van der Waals surface area (Å²) in [7, 11) is 0. The van der Waals surface area contributed by atoms with E-state index in [1.807, 2.05) is 54.6 Å². The van der Waals surface area contributed by atoms with Gasteiger partial charge in [0.2, 0.25) is 5.89 Å². The summed E-state index contributed by atoms with van der Waals surface area (Å²) in [5, 5.41) is 12.9. The zero-order valence-electron chi connectivity index (χ0n) is 37.2. The first-order valence-corrected chi connectivity index (χ1v) is 21.9. The van der Waals surface area contributed by atoms with E-state index in [0.29, 0.717) is 40.5 Å². The van der Waals surface area contributed by atoms with Crippen LogP contribution in [0.15, 0.2) is 147 Å². The van der Waals surface area contributed by atoms with Crippen molar-refractivity contribution in [2.45, 2.75) is 85.5 Å². The average Bonchev–Trinajstić information content (AvgIpc) is 3.87. The fraction of sp³-hybridized carbons (Fsp3) is 0.228. The fourth-order valence-electron chi connectivity index (χ4n) is 8.63. The summed E-state index contributed by atoms with van der Waals surface area (Å²) in [6.07, 6.45) is 1.72. The molecule has 0 saturated heterocycles. The van der Waals surface area contributed by atoms with Crippen molar-refractivity contribution in [1.82, 2.24) is 4.98 Å². The van der Waals surface area contributed by atoms with Crippen LogP contribution in [0.3, 0.4) is 0 Å². The minimum atomic E-state index is -0.0775. The van der Waals surface area contributed by atoms with Crippen LogP contribution in [0.25, 0.3) is 77.9 Å². The Morgan fingerprint density at radius 2 is 1.24 bits per heavy atom. The molecule has 9 rings (SSSR count). The first-order valence-electron chi connectivity index (χ1n) is 21.9. The van der Waals surface area contributed by atoms with Crippen molar-refractivity contribution in [2.24, 2.45) is 4.99 Å². The van der Waals surface area contributed by atoms with E-state index in [9.17, 15) is 5.11 Å². The zero-order chi connectivity index (χ0) is 43.4. The average molecular weight is 815 g/mol. The third-order valence-electron chi connectivity index (χ3n) is 12.2. The number of rotatable bonds is 9. The number of nitrogens with zero attached hydrogens (tertiary/aromatic N) is 2. The second kappa shape index (κ2) is 16.0. The predicted molar refractivity (Wildman–Crippen MR) is 259 cm³/mol. The van der Waals surface area contributed by atoms with Gasteiger partial charge >= 0.3 is 0 Å². The van der Waals surface area contributed by atoms with Crippen LogP contribution in [0.4, 0.5) is 5.69 Å². The SMILES string of the molecule is CC(C)c1cc(C(C)C)c(-c2ccc(-c3cc(-c4cccc5c4oc4ccccc45)c4nc(-c5ccccc5N=Cc5cc(C(C)(C)C)ccc5O)oc4c3)cc2)c(C(C)C)c1. The zero-order valence-corrected chi connectivity index (χ0v) is 37.2. The lowest BCUT2D eigenvalue weighted by Gasteiger charge is -2.23. The summed E-state index contributed by atoms with van der Waals surface area (Å²) < 4.78 is 13.4. The number of phenols is 1. The lowest BCUT2D eigenvalue weighted by molar-refractivity contribution is 0.473. The molecule has 0 bridgehead atoms. The second-order valence-corrected chi connectivity index (χ2v) is 18.6. The van der Waals surface area contributed by atoms with Gasteiger partial charge in [0.15, 0.2) is 5.58 Å². The van der Waals surface area contributed by atoms with Crippen molar-refractivity contribution < 1.29 is 13.9 Å². The number of benzene rings is 7. The number of aromatic hydroxyl groups is 1. The Hall–Kier alpha value is -6.72. The monoisotopic (exact) mass is 814 g/mol. The van der Waals surface area contributed by atoms with E-state index in [2.05, 4.69) is 135 Å². The molecule has 5 heteroatoms. The van der Waals surface area contributed by atoms with Gasteiger partial charge in [-0.3, -0.25) is 4.99 Å². The molecule has 2 heterocycles. The molecule has 62 heavy (non-hydrogen) atoms. The van der Waals surface area contributed by atoms with E-state index in [1.54, 1.807) is 12.3 Å². The standard InChI is InChI=1S/C57H54N2O3/c1-33(2)38-28-46(34(3)4)53(47(29-38)35(5)6)37-23-21-36(22-24-37)39-30-48(44-18-14-17-43-42-15-11-13-20-51(42)61-55(43)44)54-52(31-39)62-56(59-54)45-16-10-12-19-49(45)58-32-40-27-41(57(7,8)9)25-26-50(40)60/h10-35,60H,1-9H3. The molecule has 7 aromatic carbocycles. The van der Waals surface area contributed by atoms with Crippen LogP contribution in [-0.4, -0.2) is 16.3 Å². The molecule has 0 aliphatic carbocycles. The number of hydrogen-bond donors (Lipinski definition) is 1. The number of para-hydroxylation sites is 3. The molecular formula is C57H54N2O3. The molecule has 0 spiro atoms. The van der Waals surface area contributed by atoms with E-state index < -0.39 is 0 Å². The third-order valence-corrected chi connectivity index (χ3v) is 12.2. The van der Waals surface area contributed by atoms with Crippen LogP contribution < -0.4 is 0 Å². The molecule has 0 saturated carbocycles. The normalized spacial score (nSPS) is 12.4. The van der Waals surface area contributed by atoms with Crippen LogP contribution in [0.5, 0.6) is 5.75 Å². The van der Waals surface area contributed by atoms with Crippen molar-refractivity contribution in [3.8, 4) is 50.6 Å². The van der Waals surface area contributed by atoms with Crippen LogP contribution in [0.2, 0.25) is 0 Å². The first-order chi connectivity index (χ1) is 29.7. The van der Waals surface area contributed by atoms with Crippen molar-refractivity contribution in [3.63, 3.8) is 0 Å². The van der Waals surface area contributed by atoms with Crippen molar-refractivity contribution >= 4 is 44.9 Å². The Kier molecular flexibility index (Phi) is 10.5. The number of phenolic OH excluding ortho intramolecular Hbond substituents is 1. The number of aromatic nitrogens is 1. The smallest absolute Gasteiger partial charge is 0.229 e. The molecule has 0 radical (unpaired) electrons. The summed E-state index contributed by atoms with van der Waals surface area (Å²) in [6.45, 7) is 20.2. The molecule has 0 unspecified atom stereocenters. The highest BCUT2D eigenvalue weighted by atomic mass is 16.3. The molecule has 2 aromatic heterocycles. The fourth-order valence-corrected chi connectivity index (χ4v) is 8.63. The van der Waals surface area contributed by atoms with Gasteiger partial charge < -0.3 is 13.9 Å². The van der Waals surface area contributed by atoms with Gasteiger partial charge in [0.05, 0.1) is 11.3 Å². The molecule has 1 N–H and O–H groups in total. The molecule has 9 aromatic rings. The topological polar surface area (TPSA) is 71.8 Å². The van der Waals surface area contributed by atoms with Gasteiger partial charge in [0.25, 0.3) is 0 Å². The minimum absolute atomic E-state index is 0.0775. The van der Waals surface area contributed by atoms with Crippen LogP contribution in [0, 0.1) is 0 Å². The van der Waals surface area contributed by atoms with Gasteiger partial charge in [-0.05, 0) is 110 Å². The molecule has 0 atom stereocenters. The highest BCUT2D eigenvalue weighted by Gasteiger charge is 2.23. The highest BCUT2D eigenvalue weighted by molar-refractivity contribution is 6.12. The van der Waals surface area contributed by atoms with Gasteiger partial charge in [-0.1, -0.05) is 153 Å².